The number of phenolic OH excluding ortho intramolecular Hbond substituents is 1. The van der Waals surface area contributed by atoms with Crippen LogP contribution in [-0.4, -0.2) is 43.1 Å². The number of thioether (sulfide) groups is 1. The van der Waals surface area contributed by atoms with Gasteiger partial charge in [-0.05, 0) is 72.8 Å². The van der Waals surface area contributed by atoms with Crippen LogP contribution in [0.15, 0.2) is 53.7 Å². The molecule has 0 saturated heterocycles. The third-order valence-corrected chi connectivity index (χ3v) is 4.65. The lowest BCUT2D eigenvalue weighted by molar-refractivity contribution is -0.115. The number of phenols is 1. The Morgan fingerprint density at radius 3 is 2.59 bits per heavy atom. The number of nitrogens with one attached hydrogen (secondary N) is 1. The van der Waals surface area contributed by atoms with E-state index in [9.17, 15) is 9.90 Å². The third kappa shape index (κ3) is 4.76. The molecular weight excluding hydrogens is 366 g/mol. The topological polar surface area (TPSA) is 102 Å². The second-order valence-electron chi connectivity index (χ2n) is 5.60. The maximum atomic E-state index is 12.5. The second-order valence-corrected chi connectivity index (χ2v) is 6.90. The molecule has 3 aromatic rings. The predicted octanol–water partition coefficient (Wildman–Crippen LogP) is 2.89. The summed E-state index contributed by atoms with van der Waals surface area (Å²) in [4.78, 5) is 12.5. The summed E-state index contributed by atoms with van der Waals surface area (Å²) in [5.41, 5.74) is 1.38. The van der Waals surface area contributed by atoms with Gasteiger partial charge in [0, 0.05) is 5.69 Å². The van der Waals surface area contributed by atoms with Gasteiger partial charge in [-0.3, -0.25) is 4.79 Å². The number of hydrogen-bond acceptors (Lipinski definition) is 7. The molecule has 2 aromatic carbocycles. The zero-order chi connectivity index (χ0) is 19.2. The van der Waals surface area contributed by atoms with Gasteiger partial charge in [-0.1, -0.05) is 11.8 Å². The van der Waals surface area contributed by atoms with Gasteiger partial charge < -0.3 is 15.2 Å². The summed E-state index contributed by atoms with van der Waals surface area (Å²) in [5.74, 6) is 0.750. The SMILES string of the molecule is CCOc1ccc(NC(=O)[C@H](C)Sc2nnnn2-c2ccc(O)cc2)cc1. The molecular formula is C18H19N5O3S. The van der Waals surface area contributed by atoms with Gasteiger partial charge in [0.15, 0.2) is 0 Å². The standard InChI is InChI=1S/C18H19N5O3S/c1-3-26-16-10-4-13(5-11-16)19-17(25)12(2)27-18-20-21-22-23(18)14-6-8-15(24)9-7-14/h4-12,24H,3H2,1-2H3,(H,19,25)/t12-/m0/s1. The van der Waals surface area contributed by atoms with Crippen molar-refractivity contribution in [3.63, 3.8) is 0 Å². The average Bonchev–Trinajstić information content (AvgIpc) is 3.12. The molecule has 0 fully saturated rings. The Morgan fingerprint density at radius 2 is 1.93 bits per heavy atom. The molecule has 1 atom stereocenters. The first-order valence-corrected chi connectivity index (χ1v) is 9.23. The van der Waals surface area contributed by atoms with Gasteiger partial charge in [-0.2, -0.15) is 4.68 Å². The normalized spacial score (nSPS) is 11.8. The van der Waals surface area contributed by atoms with Gasteiger partial charge in [0.2, 0.25) is 11.1 Å². The van der Waals surface area contributed by atoms with Crippen molar-refractivity contribution in [1.29, 1.82) is 0 Å². The van der Waals surface area contributed by atoms with Crippen molar-refractivity contribution in [3.8, 4) is 17.2 Å². The Hall–Kier alpha value is -3.07. The van der Waals surface area contributed by atoms with E-state index in [1.165, 1.54) is 16.4 Å². The minimum absolute atomic E-state index is 0.157. The van der Waals surface area contributed by atoms with Crippen molar-refractivity contribution in [1.82, 2.24) is 20.2 Å². The molecule has 9 heteroatoms. The van der Waals surface area contributed by atoms with Crippen LogP contribution in [0, 0.1) is 0 Å². The van der Waals surface area contributed by atoms with Crippen molar-refractivity contribution in [3.05, 3.63) is 48.5 Å². The first kappa shape index (κ1) is 18.7. The molecule has 1 amide bonds. The molecule has 0 aliphatic carbocycles. The number of benzene rings is 2. The lowest BCUT2D eigenvalue weighted by Gasteiger charge is -2.12. The fraction of sp³-hybridized carbons (Fsp3) is 0.222. The summed E-state index contributed by atoms with van der Waals surface area (Å²) in [6, 6.07) is 13.7. The van der Waals surface area contributed by atoms with Crippen LogP contribution in [0.2, 0.25) is 0 Å². The summed E-state index contributed by atoms with van der Waals surface area (Å²) >= 11 is 1.24. The first-order valence-electron chi connectivity index (χ1n) is 8.35. The Bertz CT molecular complexity index is 896. The zero-order valence-corrected chi connectivity index (χ0v) is 15.7. The molecule has 0 aliphatic heterocycles. The van der Waals surface area contributed by atoms with Gasteiger partial charge >= 0.3 is 0 Å². The smallest absolute Gasteiger partial charge is 0.237 e. The number of hydrogen-bond donors (Lipinski definition) is 2. The molecule has 0 saturated carbocycles. The number of carbonyl (C=O) groups excluding carboxylic acids is 1. The van der Waals surface area contributed by atoms with E-state index < -0.39 is 5.25 Å². The minimum Gasteiger partial charge on any atom is -0.508 e. The maximum absolute atomic E-state index is 12.5. The maximum Gasteiger partial charge on any atom is 0.237 e. The molecule has 2 N–H and O–H groups in total. The molecule has 27 heavy (non-hydrogen) atoms. The molecule has 0 bridgehead atoms. The van der Waals surface area contributed by atoms with E-state index in [1.807, 2.05) is 19.1 Å². The summed E-state index contributed by atoms with van der Waals surface area (Å²) in [7, 11) is 0. The van der Waals surface area contributed by atoms with Crippen LogP contribution < -0.4 is 10.1 Å². The average molecular weight is 385 g/mol. The first-order chi connectivity index (χ1) is 13.1. The Morgan fingerprint density at radius 1 is 1.22 bits per heavy atom. The van der Waals surface area contributed by atoms with Crippen molar-refractivity contribution in [2.75, 3.05) is 11.9 Å². The van der Waals surface area contributed by atoms with Crippen LogP contribution in [0.5, 0.6) is 11.5 Å². The molecule has 3 rings (SSSR count). The predicted molar refractivity (Wildman–Crippen MR) is 102 cm³/mol. The summed E-state index contributed by atoms with van der Waals surface area (Å²) in [6.07, 6.45) is 0. The van der Waals surface area contributed by atoms with E-state index in [0.717, 1.165) is 5.75 Å². The second kappa shape index (κ2) is 8.54. The van der Waals surface area contributed by atoms with E-state index in [-0.39, 0.29) is 11.7 Å². The number of aromatic nitrogens is 4. The van der Waals surface area contributed by atoms with Crippen LogP contribution >= 0.6 is 11.8 Å². The highest BCUT2D eigenvalue weighted by Crippen LogP contribution is 2.25. The minimum atomic E-state index is -0.418. The number of nitrogens with zero attached hydrogens (tertiary/aromatic N) is 4. The molecule has 8 nitrogen and oxygen atoms in total. The quantitative estimate of drug-likeness (QED) is 0.603. The highest BCUT2D eigenvalue weighted by molar-refractivity contribution is 8.00. The van der Waals surface area contributed by atoms with Gasteiger partial charge in [0.1, 0.15) is 11.5 Å². The number of ether oxygens (including phenoxy) is 1. The van der Waals surface area contributed by atoms with Gasteiger partial charge in [-0.25, -0.2) is 0 Å². The zero-order valence-electron chi connectivity index (χ0n) is 14.9. The molecule has 0 spiro atoms. The molecule has 1 aromatic heterocycles. The third-order valence-electron chi connectivity index (χ3n) is 3.62. The lowest BCUT2D eigenvalue weighted by Crippen LogP contribution is -2.22. The van der Waals surface area contributed by atoms with Crippen molar-refractivity contribution >= 4 is 23.4 Å². The van der Waals surface area contributed by atoms with Crippen molar-refractivity contribution < 1.29 is 14.6 Å². The van der Waals surface area contributed by atoms with E-state index in [0.29, 0.717) is 23.1 Å². The highest BCUT2D eigenvalue weighted by Gasteiger charge is 2.19. The van der Waals surface area contributed by atoms with E-state index in [1.54, 1.807) is 43.3 Å². The van der Waals surface area contributed by atoms with Crippen molar-refractivity contribution in [2.45, 2.75) is 24.3 Å². The van der Waals surface area contributed by atoms with Crippen LogP contribution in [-0.2, 0) is 4.79 Å². The van der Waals surface area contributed by atoms with E-state index in [4.69, 9.17) is 4.74 Å². The largest absolute Gasteiger partial charge is 0.508 e. The lowest BCUT2D eigenvalue weighted by atomic mass is 10.3. The van der Waals surface area contributed by atoms with Gasteiger partial charge in [-0.15, -0.1) is 5.10 Å². The monoisotopic (exact) mass is 385 g/mol. The van der Waals surface area contributed by atoms with Crippen LogP contribution in [0.1, 0.15) is 13.8 Å². The van der Waals surface area contributed by atoms with Crippen LogP contribution in [0.25, 0.3) is 5.69 Å². The molecule has 0 radical (unpaired) electrons. The van der Waals surface area contributed by atoms with E-state index in [2.05, 4.69) is 20.8 Å². The van der Waals surface area contributed by atoms with Crippen LogP contribution in [0.3, 0.4) is 0 Å². The summed E-state index contributed by atoms with van der Waals surface area (Å²) < 4.78 is 6.91. The number of carbonyl (C=O) groups is 1. The number of rotatable bonds is 7. The molecule has 0 unspecified atom stereocenters. The number of anilines is 1. The summed E-state index contributed by atoms with van der Waals surface area (Å²) in [6.45, 7) is 4.29. The van der Waals surface area contributed by atoms with Gasteiger partial charge in [0.25, 0.3) is 0 Å². The number of tetrazole rings is 1. The Labute approximate surface area is 160 Å². The number of amides is 1. The molecule has 1 heterocycles. The molecule has 140 valence electrons. The van der Waals surface area contributed by atoms with Crippen LogP contribution in [0.4, 0.5) is 5.69 Å². The fourth-order valence-corrected chi connectivity index (χ4v) is 3.07. The Kier molecular flexibility index (Phi) is 5.92. The fourth-order valence-electron chi connectivity index (χ4n) is 2.26. The van der Waals surface area contributed by atoms with Gasteiger partial charge in [0.05, 0.1) is 17.5 Å². The van der Waals surface area contributed by atoms with Crippen molar-refractivity contribution in [2.24, 2.45) is 0 Å². The highest BCUT2D eigenvalue weighted by atomic mass is 32.2. The Balaban J connectivity index is 1.65. The molecule has 0 aliphatic rings. The van der Waals surface area contributed by atoms with E-state index >= 15 is 0 Å². The number of aromatic hydroxyl groups is 1. The summed E-state index contributed by atoms with van der Waals surface area (Å²) in [5, 5.41) is 23.9.